The average molecular weight is 648 g/mol. The molecular weight excluding hydrogens is 610 g/mol. The lowest BCUT2D eigenvalue weighted by Crippen LogP contribution is -2.54. The molecule has 5 amide bonds. The number of imide groups is 2. The molecular formula is C36H37N7O5. The number of carbonyl (C=O) groups is 5. The summed E-state index contributed by atoms with van der Waals surface area (Å²) in [6.07, 6.45) is 8.88. The molecule has 0 bridgehead atoms. The Morgan fingerprint density at radius 2 is 1.71 bits per heavy atom. The molecule has 2 aromatic heterocycles. The van der Waals surface area contributed by atoms with Gasteiger partial charge in [0.1, 0.15) is 6.04 Å². The van der Waals surface area contributed by atoms with Gasteiger partial charge in [0, 0.05) is 55.3 Å². The van der Waals surface area contributed by atoms with Gasteiger partial charge in [0.15, 0.2) is 0 Å². The minimum atomic E-state index is -0.982. The molecule has 0 spiro atoms. The Morgan fingerprint density at radius 3 is 2.54 bits per heavy atom. The third-order valence-electron chi connectivity index (χ3n) is 9.52. The first-order chi connectivity index (χ1) is 23.4. The van der Waals surface area contributed by atoms with Gasteiger partial charge in [-0.2, -0.15) is 5.10 Å². The van der Waals surface area contributed by atoms with Gasteiger partial charge < -0.3 is 10.2 Å². The number of amides is 5. The van der Waals surface area contributed by atoms with Gasteiger partial charge in [-0.1, -0.05) is 30.7 Å². The molecule has 12 heteroatoms. The zero-order valence-electron chi connectivity index (χ0n) is 26.6. The molecule has 2 fully saturated rings. The van der Waals surface area contributed by atoms with Crippen LogP contribution >= 0.6 is 0 Å². The first-order valence-electron chi connectivity index (χ1n) is 16.6. The number of fused-ring (bicyclic) bond motifs is 2. The van der Waals surface area contributed by atoms with Gasteiger partial charge in [-0.05, 0) is 62.4 Å². The highest BCUT2D eigenvalue weighted by atomic mass is 16.2. The molecule has 12 nitrogen and oxygen atoms in total. The zero-order valence-corrected chi connectivity index (χ0v) is 26.6. The number of hydrogen-bond acceptors (Lipinski definition) is 8. The highest BCUT2D eigenvalue weighted by Crippen LogP contribution is 2.30. The fraction of sp³-hybridized carbons (Fsp3) is 0.361. The van der Waals surface area contributed by atoms with Crippen molar-refractivity contribution in [3.8, 4) is 11.3 Å². The highest BCUT2D eigenvalue weighted by molar-refractivity contribution is 6.23. The summed E-state index contributed by atoms with van der Waals surface area (Å²) >= 11 is 0. The molecule has 0 radical (unpaired) electrons. The van der Waals surface area contributed by atoms with Crippen molar-refractivity contribution in [2.75, 3.05) is 25.0 Å². The molecule has 4 aromatic rings. The summed E-state index contributed by atoms with van der Waals surface area (Å²) in [5.41, 5.74) is 4.06. The fourth-order valence-electron chi connectivity index (χ4n) is 6.83. The van der Waals surface area contributed by atoms with Crippen molar-refractivity contribution in [3.63, 3.8) is 0 Å². The molecule has 1 atom stereocenters. The largest absolute Gasteiger partial charge is 0.385 e. The predicted octanol–water partition coefficient (Wildman–Crippen LogP) is 4.34. The Balaban J connectivity index is 0.823. The Morgan fingerprint density at radius 1 is 0.896 bits per heavy atom. The molecule has 0 aliphatic carbocycles. The number of benzene rings is 2. The topological polar surface area (TPSA) is 147 Å². The van der Waals surface area contributed by atoms with E-state index >= 15 is 0 Å². The van der Waals surface area contributed by atoms with Gasteiger partial charge in [0.2, 0.25) is 17.7 Å². The SMILES string of the molecule is O=C1CCC(N2C(=O)c3ccc(NCCCCCC(=O)N4CCC(n5cc(-c6ccc7ccccc7n6)cn5)CC4)cc3C2=O)C(=O)N1. The molecule has 0 saturated carbocycles. The van der Waals surface area contributed by atoms with Crippen LogP contribution in [0.5, 0.6) is 0 Å². The van der Waals surface area contributed by atoms with E-state index < -0.39 is 29.7 Å². The summed E-state index contributed by atoms with van der Waals surface area (Å²) in [7, 11) is 0. The van der Waals surface area contributed by atoms with E-state index in [-0.39, 0.29) is 35.9 Å². The number of anilines is 1. The second-order valence-corrected chi connectivity index (χ2v) is 12.7. The standard InChI is InChI=1S/C36H37N7O5/c44-32-14-13-31(34(46)40-32)43-35(47)27-11-10-25(20-28(27)36(43)48)37-17-5-1-2-8-33(45)41-18-15-26(16-19-41)42-22-24(21-38-42)30-12-9-23-6-3-4-7-29(23)39-30/h3-4,6-7,9-12,20-22,26,31,37H,1-2,5,8,13-19H2,(H,40,44,46). The number of carbonyl (C=O) groups excluding carboxylic acids is 5. The third kappa shape index (κ3) is 6.29. The van der Waals surface area contributed by atoms with E-state index in [1.165, 1.54) is 0 Å². The van der Waals surface area contributed by atoms with Gasteiger partial charge in [-0.3, -0.25) is 38.9 Å². The van der Waals surface area contributed by atoms with Crippen LogP contribution in [0.4, 0.5) is 5.69 Å². The van der Waals surface area contributed by atoms with Crippen LogP contribution < -0.4 is 10.6 Å². The van der Waals surface area contributed by atoms with E-state index in [9.17, 15) is 24.0 Å². The van der Waals surface area contributed by atoms with E-state index in [0.717, 1.165) is 72.3 Å². The molecule has 2 saturated heterocycles. The summed E-state index contributed by atoms with van der Waals surface area (Å²) in [4.78, 5) is 70.3. The number of hydrogen-bond donors (Lipinski definition) is 2. The van der Waals surface area contributed by atoms with E-state index in [1.807, 2.05) is 40.0 Å². The highest BCUT2D eigenvalue weighted by Gasteiger charge is 2.44. The van der Waals surface area contributed by atoms with Crippen molar-refractivity contribution in [2.45, 2.75) is 63.5 Å². The Kier molecular flexibility index (Phi) is 8.70. The monoisotopic (exact) mass is 647 g/mol. The lowest BCUT2D eigenvalue weighted by Gasteiger charge is -2.32. The molecule has 7 rings (SSSR count). The molecule has 5 heterocycles. The van der Waals surface area contributed by atoms with Crippen molar-refractivity contribution in [2.24, 2.45) is 0 Å². The Labute approximate surface area is 277 Å². The maximum absolute atomic E-state index is 13.0. The number of pyridine rings is 1. The van der Waals surface area contributed by atoms with Crippen molar-refractivity contribution in [1.82, 2.24) is 29.9 Å². The first kappa shape index (κ1) is 31.2. The molecule has 2 N–H and O–H groups in total. The predicted molar refractivity (Wildman–Crippen MR) is 178 cm³/mol. The van der Waals surface area contributed by atoms with Crippen molar-refractivity contribution in [1.29, 1.82) is 0 Å². The maximum Gasteiger partial charge on any atom is 0.262 e. The average Bonchev–Trinajstić information content (AvgIpc) is 3.69. The lowest BCUT2D eigenvalue weighted by molar-refractivity contribution is -0.136. The Bertz CT molecular complexity index is 1910. The Hall–Kier alpha value is -5.39. The van der Waals surface area contributed by atoms with Gasteiger partial charge in [0.25, 0.3) is 11.8 Å². The lowest BCUT2D eigenvalue weighted by atomic mass is 10.0. The number of nitrogens with one attached hydrogen (secondary N) is 2. The third-order valence-corrected chi connectivity index (χ3v) is 9.52. The van der Waals surface area contributed by atoms with Crippen LogP contribution in [0, 0.1) is 0 Å². The van der Waals surface area contributed by atoms with Crippen LogP contribution in [0.2, 0.25) is 0 Å². The van der Waals surface area contributed by atoms with Crippen molar-refractivity contribution < 1.29 is 24.0 Å². The first-order valence-corrected chi connectivity index (χ1v) is 16.6. The van der Waals surface area contributed by atoms with Crippen LogP contribution in [0.1, 0.15) is 78.1 Å². The van der Waals surface area contributed by atoms with Gasteiger partial charge in [-0.15, -0.1) is 0 Å². The van der Waals surface area contributed by atoms with E-state index in [0.29, 0.717) is 18.7 Å². The molecule has 1 unspecified atom stereocenters. The van der Waals surface area contributed by atoms with Crippen molar-refractivity contribution >= 4 is 46.1 Å². The van der Waals surface area contributed by atoms with Crippen molar-refractivity contribution in [3.05, 3.63) is 78.1 Å². The maximum atomic E-state index is 13.0. The summed E-state index contributed by atoms with van der Waals surface area (Å²) in [5, 5.41) is 11.2. The van der Waals surface area contributed by atoms with Crippen LogP contribution in [0.15, 0.2) is 67.0 Å². The molecule has 3 aliphatic heterocycles. The van der Waals surface area contributed by atoms with Gasteiger partial charge in [-0.25, -0.2) is 4.98 Å². The second kappa shape index (κ2) is 13.4. The normalized spacial score (nSPS) is 18.4. The molecule has 246 valence electrons. The number of likely N-dealkylation sites (tertiary alicyclic amines) is 1. The smallest absolute Gasteiger partial charge is 0.262 e. The fourth-order valence-corrected chi connectivity index (χ4v) is 6.83. The minimum absolute atomic E-state index is 0.0829. The van der Waals surface area contributed by atoms with E-state index in [1.54, 1.807) is 18.2 Å². The summed E-state index contributed by atoms with van der Waals surface area (Å²) in [6, 6.07) is 16.4. The van der Waals surface area contributed by atoms with Crippen LogP contribution in [0.3, 0.4) is 0 Å². The summed E-state index contributed by atoms with van der Waals surface area (Å²) < 4.78 is 2.02. The minimum Gasteiger partial charge on any atom is -0.385 e. The molecule has 3 aliphatic rings. The van der Waals surface area contributed by atoms with E-state index in [2.05, 4.69) is 34.1 Å². The van der Waals surface area contributed by atoms with Crippen LogP contribution in [-0.4, -0.2) is 79.8 Å². The van der Waals surface area contributed by atoms with Crippen LogP contribution in [-0.2, 0) is 14.4 Å². The summed E-state index contributed by atoms with van der Waals surface area (Å²) in [6.45, 7) is 2.09. The number of aromatic nitrogens is 3. The quantitative estimate of drug-likeness (QED) is 0.191. The second-order valence-electron chi connectivity index (χ2n) is 12.7. The number of rotatable bonds is 10. The number of piperidine rings is 2. The molecule has 2 aromatic carbocycles. The number of nitrogens with zero attached hydrogens (tertiary/aromatic N) is 5. The van der Waals surface area contributed by atoms with E-state index in [4.69, 9.17) is 4.98 Å². The van der Waals surface area contributed by atoms with Gasteiger partial charge in [0.05, 0.1) is 34.6 Å². The van der Waals surface area contributed by atoms with Gasteiger partial charge >= 0.3 is 0 Å². The summed E-state index contributed by atoms with van der Waals surface area (Å²) in [5.74, 6) is -1.88. The zero-order chi connectivity index (χ0) is 33.2. The number of para-hydroxylation sites is 1. The number of unbranched alkanes of at least 4 members (excludes halogenated alkanes) is 2. The van der Waals surface area contributed by atoms with Crippen LogP contribution in [0.25, 0.3) is 22.2 Å². The molecule has 48 heavy (non-hydrogen) atoms.